The monoisotopic (exact) mass is 452 g/mol. The fraction of sp³-hybridized carbons (Fsp3) is 0.240. The average Bonchev–Trinajstić information content (AvgIpc) is 3.30. The van der Waals surface area contributed by atoms with Crippen molar-refractivity contribution in [2.24, 2.45) is 4.99 Å². The van der Waals surface area contributed by atoms with Crippen LogP contribution in [0.3, 0.4) is 0 Å². The third-order valence-electron chi connectivity index (χ3n) is 6.03. The minimum absolute atomic E-state index is 0.372. The number of quaternary nitrogens is 1. The molecular weight excluding hydrogens is 429 g/mol. The third-order valence-corrected chi connectivity index (χ3v) is 6.50. The van der Waals surface area contributed by atoms with E-state index in [4.69, 9.17) is 23.2 Å². The molecule has 5 rings (SSSR count). The predicted molar refractivity (Wildman–Crippen MR) is 129 cm³/mol. The van der Waals surface area contributed by atoms with Crippen molar-refractivity contribution in [1.82, 2.24) is 4.57 Å². The summed E-state index contributed by atoms with van der Waals surface area (Å²) in [6.07, 6.45) is 2.60. The van der Waals surface area contributed by atoms with Crippen LogP contribution in [0.5, 0.6) is 0 Å². The van der Waals surface area contributed by atoms with Crippen LogP contribution in [0.15, 0.2) is 65.7 Å². The highest BCUT2D eigenvalue weighted by atomic mass is 35.5. The highest BCUT2D eigenvalue weighted by molar-refractivity contribution is 6.33. The van der Waals surface area contributed by atoms with Gasteiger partial charge in [0, 0.05) is 50.4 Å². The molecule has 4 aromatic rings. The lowest BCUT2D eigenvalue weighted by Gasteiger charge is -2.14. The number of hydrogen-bond acceptors (Lipinski definition) is 2. The molecule has 0 fully saturated rings. The summed E-state index contributed by atoms with van der Waals surface area (Å²) in [5.74, 6) is 0.372. The zero-order valence-corrected chi connectivity index (χ0v) is 18.5. The van der Waals surface area contributed by atoms with Gasteiger partial charge in [0.1, 0.15) is 12.6 Å². The Hall–Kier alpha value is -2.37. The summed E-state index contributed by atoms with van der Waals surface area (Å²) in [7, 11) is 0. The van der Waals surface area contributed by atoms with E-state index in [1.165, 1.54) is 5.56 Å². The van der Waals surface area contributed by atoms with Gasteiger partial charge in [0.05, 0.1) is 18.8 Å². The van der Waals surface area contributed by atoms with Crippen LogP contribution in [0.2, 0.25) is 10.0 Å². The van der Waals surface area contributed by atoms with Gasteiger partial charge < -0.3 is 15.0 Å². The molecule has 1 aliphatic rings. The summed E-state index contributed by atoms with van der Waals surface area (Å²) in [5, 5.41) is 16.5. The van der Waals surface area contributed by atoms with E-state index in [0.717, 1.165) is 40.5 Å². The number of fused-ring (bicyclic) bond motifs is 4. The topological polar surface area (TPSA) is 54.1 Å². The van der Waals surface area contributed by atoms with E-state index < -0.39 is 6.10 Å². The Labute approximate surface area is 191 Å². The molecule has 4 nitrogen and oxygen atoms in total. The Morgan fingerprint density at radius 1 is 0.968 bits per heavy atom. The Kier molecular flexibility index (Phi) is 5.72. The maximum atomic E-state index is 10.8. The zero-order valence-electron chi connectivity index (χ0n) is 17.0. The van der Waals surface area contributed by atoms with Gasteiger partial charge in [0.15, 0.2) is 0 Å². The predicted octanol–water partition coefficient (Wildman–Crippen LogP) is 4.92. The van der Waals surface area contributed by atoms with E-state index in [9.17, 15) is 5.11 Å². The minimum Gasteiger partial charge on any atom is -0.385 e. The number of hydrogen-bond donors (Lipinski definition) is 2. The van der Waals surface area contributed by atoms with Gasteiger partial charge >= 0.3 is 0 Å². The quantitative estimate of drug-likeness (QED) is 0.384. The lowest BCUT2D eigenvalue weighted by molar-refractivity contribution is -0.661. The number of halogens is 2. The van der Waals surface area contributed by atoms with E-state index in [1.54, 1.807) is 0 Å². The van der Waals surface area contributed by atoms with Crippen LogP contribution >= 0.6 is 23.2 Å². The van der Waals surface area contributed by atoms with Crippen molar-refractivity contribution in [2.45, 2.75) is 25.0 Å². The average molecular weight is 453 g/mol. The van der Waals surface area contributed by atoms with Gasteiger partial charge in [-0.2, -0.15) is 0 Å². The molecule has 0 saturated carbocycles. The largest absolute Gasteiger partial charge is 0.385 e. The van der Waals surface area contributed by atoms with Crippen molar-refractivity contribution in [3.8, 4) is 0 Å². The smallest absolute Gasteiger partial charge is 0.121 e. The number of aliphatic imine (C=N–C) groups is 1. The molecule has 31 heavy (non-hydrogen) atoms. The van der Waals surface area contributed by atoms with Crippen molar-refractivity contribution in [1.29, 1.82) is 0 Å². The molecule has 158 valence electrons. The molecule has 0 unspecified atom stereocenters. The number of nitrogens with two attached hydrogens (primary N) is 1. The van der Waals surface area contributed by atoms with Gasteiger partial charge in [-0.05, 0) is 48.0 Å². The summed E-state index contributed by atoms with van der Waals surface area (Å²) < 4.78 is 2.16. The van der Waals surface area contributed by atoms with Gasteiger partial charge in [0.2, 0.25) is 0 Å². The van der Waals surface area contributed by atoms with E-state index in [-0.39, 0.29) is 0 Å². The number of aromatic nitrogens is 1. The molecule has 2 atom stereocenters. The van der Waals surface area contributed by atoms with Crippen molar-refractivity contribution in [3.05, 3.63) is 76.3 Å². The fourth-order valence-electron chi connectivity index (χ4n) is 4.54. The van der Waals surface area contributed by atoms with Crippen LogP contribution in [0.25, 0.3) is 21.8 Å². The maximum Gasteiger partial charge on any atom is 0.121 e. The first-order valence-corrected chi connectivity index (χ1v) is 11.4. The number of nitrogens with zero attached hydrogens (tertiary/aromatic N) is 2. The summed E-state index contributed by atoms with van der Waals surface area (Å²) in [6, 6.07) is 20.0. The molecule has 2 heterocycles. The lowest BCUT2D eigenvalue weighted by Crippen LogP contribution is -2.86. The molecule has 0 saturated heterocycles. The fourth-order valence-corrected chi connectivity index (χ4v) is 4.88. The first kappa shape index (κ1) is 20.5. The molecule has 3 aromatic carbocycles. The standard InChI is InChI=1S/C25H23Cl2N3O/c26-17-5-7-24-21(11-17)22-12-18(27)6-8-25(22)30(24)15-19(31)14-28-10-9-16-13-29-23-4-2-1-3-20(16)23/h1-8,11-13,16,19,28,31H,9-10,14-15H2/p+1/t16-,19-/m0/s1. The first-order valence-electron chi connectivity index (χ1n) is 10.6. The third kappa shape index (κ3) is 4.09. The molecule has 6 heteroatoms. The molecule has 0 amide bonds. The van der Waals surface area contributed by atoms with Crippen molar-refractivity contribution >= 4 is 56.9 Å². The van der Waals surface area contributed by atoms with Gasteiger partial charge in [0.25, 0.3) is 0 Å². The Morgan fingerprint density at radius 3 is 2.35 bits per heavy atom. The molecule has 0 bridgehead atoms. The van der Waals surface area contributed by atoms with Crippen LogP contribution in [0.4, 0.5) is 5.69 Å². The molecule has 1 aromatic heterocycles. The normalized spacial score (nSPS) is 16.3. The van der Waals surface area contributed by atoms with Gasteiger partial charge in [-0.15, -0.1) is 0 Å². The molecule has 0 radical (unpaired) electrons. The Balaban J connectivity index is 1.25. The summed E-state index contributed by atoms with van der Waals surface area (Å²) >= 11 is 12.5. The van der Waals surface area contributed by atoms with Crippen LogP contribution in [0, 0.1) is 0 Å². The number of aliphatic hydroxyl groups is 1. The van der Waals surface area contributed by atoms with Crippen LogP contribution in [0.1, 0.15) is 17.9 Å². The SMILES string of the molecule is O[C@@H](C[NH2+]CC[C@H]1C=Nc2ccccc21)Cn1c2ccc(Cl)cc2c2cc(Cl)ccc21. The number of aliphatic hydroxyl groups excluding tert-OH is 1. The van der Waals surface area contributed by atoms with Crippen LogP contribution in [-0.2, 0) is 6.54 Å². The van der Waals surface area contributed by atoms with Crippen molar-refractivity contribution < 1.29 is 10.4 Å². The van der Waals surface area contributed by atoms with E-state index in [0.29, 0.717) is 29.1 Å². The second kappa shape index (κ2) is 8.64. The van der Waals surface area contributed by atoms with Crippen molar-refractivity contribution in [2.75, 3.05) is 13.1 Å². The molecule has 1 aliphatic heterocycles. The van der Waals surface area contributed by atoms with Crippen molar-refractivity contribution in [3.63, 3.8) is 0 Å². The second-order valence-corrected chi connectivity index (χ2v) is 9.01. The molecular formula is C25H24Cl2N3O+. The Bertz CT molecular complexity index is 1220. The zero-order chi connectivity index (χ0) is 21.4. The van der Waals surface area contributed by atoms with Gasteiger partial charge in [-0.3, -0.25) is 4.99 Å². The summed E-state index contributed by atoms with van der Waals surface area (Å²) in [5.41, 5.74) is 4.50. The van der Waals surface area contributed by atoms with Crippen LogP contribution < -0.4 is 5.32 Å². The number of benzene rings is 3. The number of rotatable bonds is 7. The molecule has 0 aliphatic carbocycles. The lowest BCUT2D eigenvalue weighted by atomic mass is 9.98. The van der Waals surface area contributed by atoms with E-state index in [2.05, 4.69) is 33.1 Å². The van der Waals surface area contributed by atoms with E-state index >= 15 is 0 Å². The highest BCUT2D eigenvalue weighted by Crippen LogP contribution is 2.34. The molecule has 3 N–H and O–H groups in total. The first-order chi connectivity index (χ1) is 15.1. The summed E-state index contributed by atoms with van der Waals surface area (Å²) in [4.78, 5) is 4.50. The highest BCUT2D eigenvalue weighted by Gasteiger charge is 2.19. The summed E-state index contributed by atoms with van der Waals surface area (Å²) in [6.45, 7) is 2.11. The second-order valence-electron chi connectivity index (χ2n) is 8.13. The number of para-hydroxylation sites is 1. The van der Waals surface area contributed by atoms with Crippen LogP contribution in [-0.4, -0.2) is 35.1 Å². The van der Waals surface area contributed by atoms with E-state index in [1.807, 2.05) is 48.7 Å². The Morgan fingerprint density at radius 2 is 1.65 bits per heavy atom. The van der Waals surface area contributed by atoms with Gasteiger partial charge in [-0.1, -0.05) is 41.4 Å². The van der Waals surface area contributed by atoms with Gasteiger partial charge in [-0.25, -0.2) is 0 Å². The molecule has 0 spiro atoms. The minimum atomic E-state index is -0.463. The maximum absolute atomic E-state index is 10.8.